The lowest BCUT2D eigenvalue weighted by Crippen LogP contribution is -2.38. The van der Waals surface area contributed by atoms with E-state index in [2.05, 4.69) is 15.7 Å². The van der Waals surface area contributed by atoms with Crippen LogP contribution in [-0.2, 0) is 16.8 Å². The zero-order valence-corrected chi connectivity index (χ0v) is 13.9. The molecular formula is C18H21FN4O2. The number of benzene rings is 1. The van der Waals surface area contributed by atoms with Gasteiger partial charge in [-0.05, 0) is 43.4 Å². The Hall–Kier alpha value is -2.41. The topological polar surface area (TPSA) is 68.2 Å². The molecule has 2 N–H and O–H groups in total. The Kier molecular flexibility index (Phi) is 4.17. The van der Waals surface area contributed by atoms with E-state index in [0.717, 1.165) is 37.9 Å². The number of carbonyl (C=O) groups excluding carboxylic acids is 1. The molecule has 1 aliphatic heterocycles. The number of rotatable bonds is 5. The van der Waals surface area contributed by atoms with Crippen LogP contribution in [0.3, 0.4) is 0 Å². The van der Waals surface area contributed by atoms with Gasteiger partial charge < -0.3 is 15.4 Å². The quantitative estimate of drug-likeness (QED) is 0.876. The van der Waals surface area contributed by atoms with Crippen molar-refractivity contribution in [2.24, 2.45) is 0 Å². The van der Waals surface area contributed by atoms with Crippen LogP contribution in [0, 0.1) is 5.82 Å². The molecule has 1 saturated carbocycles. The molecule has 1 aromatic carbocycles. The van der Waals surface area contributed by atoms with Crippen LogP contribution < -0.4 is 10.6 Å². The Morgan fingerprint density at radius 3 is 3.04 bits per heavy atom. The third-order valence-corrected chi connectivity index (χ3v) is 4.79. The van der Waals surface area contributed by atoms with Crippen molar-refractivity contribution >= 4 is 11.7 Å². The van der Waals surface area contributed by atoms with Crippen LogP contribution in [0.5, 0.6) is 0 Å². The second-order valence-corrected chi connectivity index (χ2v) is 6.76. The first-order valence-corrected chi connectivity index (χ1v) is 8.62. The fourth-order valence-corrected chi connectivity index (χ4v) is 3.30. The average Bonchev–Trinajstić information content (AvgIpc) is 2.98. The monoisotopic (exact) mass is 344 g/mol. The minimum Gasteiger partial charge on any atom is -0.376 e. The van der Waals surface area contributed by atoms with Gasteiger partial charge in [-0.2, -0.15) is 5.10 Å². The normalized spacial score (nSPS) is 21.1. The fourth-order valence-electron chi connectivity index (χ4n) is 3.30. The number of hydrogen-bond acceptors (Lipinski definition) is 3. The molecule has 132 valence electrons. The molecule has 25 heavy (non-hydrogen) atoms. The van der Waals surface area contributed by atoms with Gasteiger partial charge in [0.05, 0.1) is 30.1 Å². The van der Waals surface area contributed by atoms with Gasteiger partial charge in [-0.25, -0.2) is 9.18 Å². The molecule has 1 aromatic heterocycles. The van der Waals surface area contributed by atoms with Crippen molar-refractivity contribution in [3.63, 3.8) is 0 Å². The molecule has 7 heteroatoms. The van der Waals surface area contributed by atoms with Gasteiger partial charge in [0.25, 0.3) is 0 Å². The van der Waals surface area contributed by atoms with E-state index < -0.39 is 5.54 Å². The highest BCUT2D eigenvalue weighted by atomic mass is 19.1. The molecule has 0 radical (unpaired) electrons. The molecule has 1 atom stereocenters. The molecule has 2 aromatic rings. The number of carbonyl (C=O) groups is 1. The second-order valence-electron chi connectivity index (χ2n) is 6.76. The molecule has 0 bridgehead atoms. The maximum absolute atomic E-state index is 13.4. The molecule has 2 fully saturated rings. The first kappa shape index (κ1) is 16.1. The second kappa shape index (κ2) is 6.48. The van der Waals surface area contributed by atoms with Gasteiger partial charge in [0.2, 0.25) is 0 Å². The predicted octanol–water partition coefficient (Wildman–Crippen LogP) is 3.01. The third kappa shape index (κ3) is 3.66. The van der Waals surface area contributed by atoms with Crippen LogP contribution in [0.15, 0.2) is 36.7 Å². The maximum Gasteiger partial charge on any atom is 0.320 e. The SMILES string of the molecule is O=C(Nc1cnn(C[C@H]2CCCO2)c1)NC1(c2cccc(F)c2)CC1. The number of urea groups is 1. The lowest BCUT2D eigenvalue weighted by Gasteiger charge is -2.18. The summed E-state index contributed by atoms with van der Waals surface area (Å²) in [7, 11) is 0. The fraction of sp³-hybridized carbons (Fsp3) is 0.444. The summed E-state index contributed by atoms with van der Waals surface area (Å²) in [5.41, 5.74) is 0.974. The number of aromatic nitrogens is 2. The van der Waals surface area contributed by atoms with Crippen molar-refractivity contribution in [1.82, 2.24) is 15.1 Å². The van der Waals surface area contributed by atoms with E-state index >= 15 is 0 Å². The molecular weight excluding hydrogens is 323 g/mol. The molecule has 4 rings (SSSR count). The first-order chi connectivity index (χ1) is 12.1. The van der Waals surface area contributed by atoms with Crippen molar-refractivity contribution in [3.8, 4) is 0 Å². The summed E-state index contributed by atoms with van der Waals surface area (Å²) >= 11 is 0. The Morgan fingerprint density at radius 2 is 2.32 bits per heavy atom. The van der Waals surface area contributed by atoms with Gasteiger partial charge in [-0.3, -0.25) is 4.68 Å². The minimum atomic E-state index is -0.458. The number of halogens is 1. The smallest absolute Gasteiger partial charge is 0.320 e. The number of nitrogens with zero attached hydrogens (tertiary/aromatic N) is 2. The van der Waals surface area contributed by atoms with Gasteiger partial charge in [0, 0.05) is 12.8 Å². The van der Waals surface area contributed by atoms with Crippen molar-refractivity contribution in [3.05, 3.63) is 48.0 Å². The Labute approximate surface area is 145 Å². The highest BCUT2D eigenvalue weighted by molar-refractivity contribution is 5.89. The summed E-state index contributed by atoms with van der Waals surface area (Å²) in [4.78, 5) is 12.3. The summed E-state index contributed by atoms with van der Waals surface area (Å²) in [6.45, 7) is 1.50. The van der Waals surface area contributed by atoms with Gasteiger partial charge in [-0.15, -0.1) is 0 Å². The molecule has 2 aliphatic rings. The van der Waals surface area contributed by atoms with Gasteiger partial charge in [0.1, 0.15) is 5.82 Å². The summed E-state index contributed by atoms with van der Waals surface area (Å²) in [6.07, 6.45) is 7.36. The largest absolute Gasteiger partial charge is 0.376 e. The summed E-state index contributed by atoms with van der Waals surface area (Å²) in [6, 6.07) is 6.09. The maximum atomic E-state index is 13.4. The summed E-state index contributed by atoms with van der Waals surface area (Å²) in [5.74, 6) is -0.290. The van der Waals surface area contributed by atoms with Gasteiger partial charge >= 0.3 is 6.03 Å². The molecule has 6 nitrogen and oxygen atoms in total. The van der Waals surface area contributed by atoms with E-state index in [-0.39, 0.29) is 18.0 Å². The van der Waals surface area contributed by atoms with Crippen molar-refractivity contribution in [2.75, 3.05) is 11.9 Å². The number of anilines is 1. The van der Waals surface area contributed by atoms with Crippen molar-refractivity contribution in [2.45, 2.75) is 43.9 Å². The van der Waals surface area contributed by atoms with E-state index in [0.29, 0.717) is 12.2 Å². The molecule has 0 spiro atoms. The lowest BCUT2D eigenvalue weighted by atomic mass is 10.1. The highest BCUT2D eigenvalue weighted by Gasteiger charge is 2.45. The Balaban J connectivity index is 1.35. The zero-order valence-electron chi connectivity index (χ0n) is 13.9. The van der Waals surface area contributed by atoms with E-state index in [9.17, 15) is 9.18 Å². The Bertz CT molecular complexity index is 766. The summed E-state index contributed by atoms with van der Waals surface area (Å²) < 4.78 is 20.8. The predicted molar refractivity (Wildman–Crippen MR) is 90.7 cm³/mol. The highest BCUT2D eigenvalue weighted by Crippen LogP contribution is 2.45. The Morgan fingerprint density at radius 1 is 1.44 bits per heavy atom. The van der Waals surface area contributed by atoms with Gasteiger partial charge in [0.15, 0.2) is 0 Å². The molecule has 1 aliphatic carbocycles. The van der Waals surface area contributed by atoms with Gasteiger partial charge in [-0.1, -0.05) is 12.1 Å². The summed E-state index contributed by atoms with van der Waals surface area (Å²) in [5, 5.41) is 10.0. The number of hydrogen-bond donors (Lipinski definition) is 2. The van der Waals surface area contributed by atoms with Crippen LogP contribution in [0.25, 0.3) is 0 Å². The van der Waals surface area contributed by atoms with E-state index in [1.54, 1.807) is 23.1 Å². The average molecular weight is 344 g/mol. The number of nitrogens with one attached hydrogen (secondary N) is 2. The molecule has 2 heterocycles. The van der Waals surface area contributed by atoms with Crippen LogP contribution in [0.4, 0.5) is 14.9 Å². The third-order valence-electron chi connectivity index (χ3n) is 4.79. The minimum absolute atomic E-state index is 0.198. The lowest BCUT2D eigenvalue weighted by molar-refractivity contribution is 0.0940. The van der Waals surface area contributed by atoms with E-state index in [4.69, 9.17) is 4.74 Å². The first-order valence-electron chi connectivity index (χ1n) is 8.62. The zero-order chi connectivity index (χ0) is 17.3. The number of amides is 2. The molecule has 2 amide bonds. The van der Waals surface area contributed by atoms with Crippen LogP contribution >= 0.6 is 0 Å². The van der Waals surface area contributed by atoms with Crippen molar-refractivity contribution in [1.29, 1.82) is 0 Å². The standard InChI is InChI=1S/C18H21FN4O2/c19-14-4-1-3-13(9-14)18(6-7-18)22-17(24)21-15-10-20-23(11-15)12-16-5-2-8-25-16/h1,3-4,9-11,16H,2,5-8,12H2,(H2,21,22,24)/t16-/m1/s1. The molecule has 0 unspecified atom stereocenters. The van der Waals surface area contributed by atoms with Crippen molar-refractivity contribution < 1.29 is 13.9 Å². The van der Waals surface area contributed by atoms with E-state index in [1.807, 2.05) is 6.07 Å². The number of ether oxygens (including phenoxy) is 1. The molecule has 1 saturated heterocycles. The van der Waals surface area contributed by atoms with Crippen LogP contribution in [-0.4, -0.2) is 28.5 Å². The van der Waals surface area contributed by atoms with Crippen LogP contribution in [0.2, 0.25) is 0 Å². The van der Waals surface area contributed by atoms with Crippen LogP contribution in [0.1, 0.15) is 31.2 Å². The van der Waals surface area contributed by atoms with E-state index in [1.165, 1.54) is 12.1 Å².